The van der Waals surface area contributed by atoms with Crippen molar-refractivity contribution in [2.24, 2.45) is 0 Å². The Bertz CT molecular complexity index is 1780. The summed E-state index contributed by atoms with van der Waals surface area (Å²) in [6.07, 6.45) is 3.21. The van der Waals surface area contributed by atoms with Gasteiger partial charge in [0, 0.05) is 37.3 Å². The van der Waals surface area contributed by atoms with Crippen LogP contribution in [0.25, 0.3) is 22.6 Å². The summed E-state index contributed by atoms with van der Waals surface area (Å²) < 4.78 is 9.47. The summed E-state index contributed by atoms with van der Waals surface area (Å²) in [6.45, 7) is 4.25. The Hall–Kier alpha value is -3.88. The quantitative estimate of drug-likeness (QED) is 0.251. The Labute approximate surface area is 261 Å². The number of thiazole rings is 1. The lowest BCUT2D eigenvalue weighted by molar-refractivity contribution is 0.0951. The topological polar surface area (TPSA) is 110 Å². The summed E-state index contributed by atoms with van der Waals surface area (Å²) in [5.41, 5.74) is 3.28. The molecule has 1 N–H and O–H groups in total. The molecule has 0 amide bonds. The minimum absolute atomic E-state index is 0.258. The number of carbonyl (C=O) groups excluding carboxylic acids is 1. The van der Waals surface area contributed by atoms with E-state index in [4.69, 9.17) is 16.3 Å². The number of anilines is 1. The van der Waals surface area contributed by atoms with Crippen molar-refractivity contribution in [1.29, 1.82) is 0 Å². The second kappa shape index (κ2) is 12.8. The van der Waals surface area contributed by atoms with Crippen molar-refractivity contribution < 1.29 is 9.53 Å². The third-order valence-corrected chi connectivity index (χ3v) is 9.23. The number of piperazine rings is 1. The number of carbonyl (C=O) groups is 1. The van der Waals surface area contributed by atoms with Crippen molar-refractivity contribution in [3.05, 3.63) is 84.8 Å². The molecule has 43 heavy (non-hydrogen) atoms. The normalized spacial score (nSPS) is 14.2. The number of thiophene rings is 1. The average molecular weight is 637 g/mol. The monoisotopic (exact) mass is 636 g/mol. The highest BCUT2D eigenvalue weighted by Crippen LogP contribution is 2.37. The fourth-order valence-corrected chi connectivity index (χ4v) is 6.52. The summed E-state index contributed by atoms with van der Waals surface area (Å²) in [6, 6.07) is 13.0. The summed E-state index contributed by atoms with van der Waals surface area (Å²) in [4.78, 5) is 42.4. The smallest absolute Gasteiger partial charge is 0.291 e. The highest BCUT2D eigenvalue weighted by molar-refractivity contribution is 7.16. The van der Waals surface area contributed by atoms with Crippen molar-refractivity contribution in [1.82, 2.24) is 34.1 Å². The van der Waals surface area contributed by atoms with Crippen LogP contribution in [-0.4, -0.2) is 80.4 Å². The molecule has 0 spiro atoms. The number of likely N-dealkylation sites (N-methyl/N-ethyl adjacent to an activating group) is 1. The van der Waals surface area contributed by atoms with Crippen LogP contribution in [0.1, 0.15) is 14.5 Å². The molecule has 11 nitrogen and oxygen atoms in total. The molecule has 0 aromatic carbocycles. The van der Waals surface area contributed by atoms with E-state index in [1.807, 2.05) is 36.4 Å². The van der Waals surface area contributed by atoms with Gasteiger partial charge in [-0.25, -0.2) is 0 Å². The van der Waals surface area contributed by atoms with Gasteiger partial charge in [-0.05, 0) is 43.4 Å². The first-order chi connectivity index (χ1) is 20.9. The molecule has 1 saturated heterocycles. The molecule has 0 saturated carbocycles. The number of aromatic nitrogens is 5. The molecule has 0 unspecified atom stereocenters. The van der Waals surface area contributed by atoms with Gasteiger partial charge in [0.2, 0.25) is 0 Å². The van der Waals surface area contributed by atoms with Crippen molar-refractivity contribution in [2.75, 3.05) is 45.7 Å². The molecule has 0 atom stereocenters. The molecule has 222 valence electrons. The lowest BCUT2D eigenvalue weighted by Crippen LogP contribution is -2.46. The third-order valence-electron chi connectivity index (χ3n) is 7.23. The summed E-state index contributed by atoms with van der Waals surface area (Å²) >= 11 is 8.78. The van der Waals surface area contributed by atoms with E-state index in [1.165, 1.54) is 40.7 Å². The number of hydrogen-bond acceptors (Lipinski definition) is 11. The lowest BCUT2D eigenvalue weighted by atomic mass is 10.1. The fraction of sp³-hybridized carbons (Fsp3) is 0.276. The molecule has 5 aromatic rings. The Balaban J connectivity index is 1.47. The highest BCUT2D eigenvalue weighted by Gasteiger charge is 2.28. The third kappa shape index (κ3) is 6.12. The van der Waals surface area contributed by atoms with Crippen molar-refractivity contribution in [2.45, 2.75) is 13.2 Å². The molecule has 0 bridgehead atoms. The standard InChI is InChI=1S/C29H29ClN8O3S2/c1-35-11-13-36(14-12-35)18-37-22(21-5-3-4-10-32-21)8-7-20(28(37)39)25-26(41-2)27(33-15-19-6-9-24(30)43-19)38(34-25)29(40)23-16-31-17-42-23/h3-10,16-17,33H,11-15,18H2,1-2H3. The van der Waals surface area contributed by atoms with E-state index < -0.39 is 0 Å². The minimum Gasteiger partial charge on any atom is -0.491 e. The largest absolute Gasteiger partial charge is 0.491 e. The van der Waals surface area contributed by atoms with E-state index in [2.05, 4.69) is 37.2 Å². The Morgan fingerprint density at radius 3 is 2.63 bits per heavy atom. The first-order valence-corrected chi connectivity index (χ1v) is 15.6. The van der Waals surface area contributed by atoms with E-state index in [0.717, 1.165) is 31.1 Å². The maximum Gasteiger partial charge on any atom is 0.291 e. The number of nitrogens with one attached hydrogen (secondary N) is 1. The zero-order valence-corrected chi connectivity index (χ0v) is 26.0. The van der Waals surface area contributed by atoms with Crippen LogP contribution >= 0.6 is 34.3 Å². The maximum atomic E-state index is 14.3. The van der Waals surface area contributed by atoms with Gasteiger partial charge in [-0.2, -0.15) is 9.78 Å². The van der Waals surface area contributed by atoms with Crippen LogP contribution in [0.2, 0.25) is 4.34 Å². The molecular weight excluding hydrogens is 608 g/mol. The van der Waals surface area contributed by atoms with E-state index >= 15 is 0 Å². The van der Waals surface area contributed by atoms with Crippen LogP contribution in [0, 0.1) is 0 Å². The number of ether oxygens (including phenoxy) is 1. The number of pyridine rings is 2. The Morgan fingerprint density at radius 2 is 1.95 bits per heavy atom. The number of halogens is 1. The summed E-state index contributed by atoms with van der Waals surface area (Å²) in [7, 11) is 3.60. The van der Waals surface area contributed by atoms with Gasteiger partial charge in [0.1, 0.15) is 10.6 Å². The molecule has 0 aliphatic carbocycles. The number of hydrogen-bond donors (Lipinski definition) is 1. The number of methoxy groups -OCH3 is 1. The molecular formula is C29H29ClN8O3S2. The summed E-state index contributed by atoms with van der Waals surface area (Å²) in [5, 5.41) is 7.97. The molecule has 6 rings (SSSR count). The average Bonchev–Trinajstić information content (AvgIpc) is 3.78. The molecule has 6 heterocycles. The molecule has 1 aliphatic rings. The zero-order valence-electron chi connectivity index (χ0n) is 23.6. The first-order valence-electron chi connectivity index (χ1n) is 13.6. The first kappa shape index (κ1) is 29.2. The van der Waals surface area contributed by atoms with Gasteiger partial charge in [0.15, 0.2) is 11.6 Å². The van der Waals surface area contributed by atoms with Gasteiger partial charge in [0.25, 0.3) is 11.5 Å². The Kier molecular flexibility index (Phi) is 8.68. The lowest BCUT2D eigenvalue weighted by Gasteiger charge is -2.33. The van der Waals surface area contributed by atoms with E-state index in [1.54, 1.807) is 22.3 Å². The molecule has 14 heteroatoms. The highest BCUT2D eigenvalue weighted by atomic mass is 35.5. The zero-order chi connectivity index (χ0) is 29.9. The van der Waals surface area contributed by atoms with Crippen LogP contribution < -0.4 is 15.6 Å². The molecule has 5 aromatic heterocycles. The predicted octanol–water partition coefficient (Wildman–Crippen LogP) is 4.46. The molecule has 1 fully saturated rings. The van der Waals surface area contributed by atoms with Crippen LogP contribution in [0.15, 0.2) is 65.2 Å². The van der Waals surface area contributed by atoms with Crippen molar-refractivity contribution in [3.63, 3.8) is 0 Å². The van der Waals surface area contributed by atoms with Crippen LogP contribution in [0.3, 0.4) is 0 Å². The van der Waals surface area contributed by atoms with E-state index in [9.17, 15) is 9.59 Å². The van der Waals surface area contributed by atoms with Gasteiger partial charge >= 0.3 is 0 Å². The van der Waals surface area contributed by atoms with Gasteiger partial charge in [-0.3, -0.25) is 29.0 Å². The Morgan fingerprint density at radius 1 is 1.12 bits per heavy atom. The SMILES string of the molecule is COc1c(-c2ccc(-c3ccccn3)n(CN3CCN(C)CC3)c2=O)nn(C(=O)c2cncs2)c1NCc1ccc(Cl)s1. The predicted molar refractivity (Wildman–Crippen MR) is 169 cm³/mol. The van der Waals surface area contributed by atoms with Gasteiger partial charge in [-0.1, -0.05) is 17.7 Å². The second-order valence-electron chi connectivity index (χ2n) is 10.0. The van der Waals surface area contributed by atoms with E-state index in [0.29, 0.717) is 45.2 Å². The second-order valence-corrected chi connectivity index (χ2v) is 12.7. The van der Waals surface area contributed by atoms with Crippen LogP contribution in [-0.2, 0) is 13.2 Å². The van der Waals surface area contributed by atoms with Crippen LogP contribution in [0.4, 0.5) is 5.82 Å². The number of rotatable bonds is 9. The molecule has 1 aliphatic heterocycles. The fourth-order valence-electron chi connectivity index (χ4n) is 4.94. The van der Waals surface area contributed by atoms with Crippen LogP contribution in [0.5, 0.6) is 5.75 Å². The van der Waals surface area contributed by atoms with Crippen molar-refractivity contribution >= 4 is 46.0 Å². The maximum absolute atomic E-state index is 14.3. The van der Waals surface area contributed by atoms with Gasteiger partial charge < -0.3 is 15.0 Å². The number of nitrogens with zero attached hydrogens (tertiary/aromatic N) is 7. The molecule has 0 radical (unpaired) electrons. The van der Waals surface area contributed by atoms with Gasteiger partial charge in [-0.15, -0.1) is 22.7 Å². The summed E-state index contributed by atoms with van der Waals surface area (Å²) in [5.74, 6) is 0.232. The minimum atomic E-state index is -0.387. The van der Waals surface area contributed by atoms with E-state index in [-0.39, 0.29) is 22.9 Å². The van der Waals surface area contributed by atoms with Gasteiger partial charge in [0.05, 0.1) is 53.3 Å². The van der Waals surface area contributed by atoms with Crippen molar-refractivity contribution in [3.8, 4) is 28.4 Å².